The van der Waals surface area contributed by atoms with E-state index in [0.717, 1.165) is 11.3 Å². The van der Waals surface area contributed by atoms with Crippen molar-refractivity contribution in [2.45, 2.75) is 6.92 Å². The standard InChI is InChI=1S/C20H17Cl2N3O2/c1-13-5-2-3-8-17(13)23-12-19(26)25-24-11-14-9-10-18(27-14)15-6-4-7-16(21)20(15)22/h2-11,23H,12H2,1H3,(H,25,26)/b24-11-. The molecule has 0 aliphatic heterocycles. The van der Waals surface area contributed by atoms with Crippen LogP contribution in [0, 0.1) is 6.92 Å². The lowest BCUT2D eigenvalue weighted by Gasteiger charge is -2.07. The normalized spacial score (nSPS) is 10.9. The van der Waals surface area contributed by atoms with Gasteiger partial charge in [0.15, 0.2) is 0 Å². The third-order valence-corrected chi connectivity index (χ3v) is 4.63. The molecule has 0 atom stereocenters. The summed E-state index contributed by atoms with van der Waals surface area (Å²) in [6.07, 6.45) is 1.42. The Bertz CT molecular complexity index is 983. The first kappa shape index (κ1) is 19.0. The summed E-state index contributed by atoms with van der Waals surface area (Å²) in [6, 6.07) is 16.5. The summed E-state index contributed by atoms with van der Waals surface area (Å²) >= 11 is 12.2. The van der Waals surface area contributed by atoms with E-state index in [1.807, 2.05) is 37.3 Å². The Balaban J connectivity index is 1.56. The molecule has 0 saturated heterocycles. The predicted molar refractivity (Wildman–Crippen MR) is 110 cm³/mol. The number of benzene rings is 2. The third-order valence-electron chi connectivity index (χ3n) is 3.81. The maximum Gasteiger partial charge on any atom is 0.259 e. The molecule has 1 heterocycles. The smallest absolute Gasteiger partial charge is 0.259 e. The van der Waals surface area contributed by atoms with Crippen molar-refractivity contribution in [2.75, 3.05) is 11.9 Å². The van der Waals surface area contributed by atoms with Crippen molar-refractivity contribution in [2.24, 2.45) is 5.10 Å². The molecule has 0 fully saturated rings. The van der Waals surface area contributed by atoms with Crippen molar-refractivity contribution in [3.8, 4) is 11.3 Å². The topological polar surface area (TPSA) is 66.6 Å². The number of aryl methyl sites for hydroxylation is 1. The molecule has 2 aromatic carbocycles. The van der Waals surface area contributed by atoms with Crippen molar-refractivity contribution in [3.63, 3.8) is 0 Å². The molecule has 5 nitrogen and oxygen atoms in total. The molecule has 0 spiro atoms. The molecule has 1 amide bonds. The lowest BCUT2D eigenvalue weighted by atomic mass is 10.2. The monoisotopic (exact) mass is 401 g/mol. The van der Waals surface area contributed by atoms with E-state index in [2.05, 4.69) is 15.8 Å². The van der Waals surface area contributed by atoms with Crippen LogP contribution in [0.1, 0.15) is 11.3 Å². The minimum absolute atomic E-state index is 0.115. The summed E-state index contributed by atoms with van der Waals surface area (Å²) < 4.78 is 5.67. The molecule has 0 bridgehead atoms. The number of para-hydroxylation sites is 1. The fraction of sp³-hybridized carbons (Fsp3) is 0.100. The Hall–Kier alpha value is -2.76. The van der Waals surface area contributed by atoms with Crippen molar-refractivity contribution in [1.82, 2.24) is 5.43 Å². The fourth-order valence-corrected chi connectivity index (χ4v) is 2.81. The molecular formula is C20H17Cl2N3O2. The van der Waals surface area contributed by atoms with Crippen molar-refractivity contribution >= 4 is 41.0 Å². The van der Waals surface area contributed by atoms with E-state index in [0.29, 0.717) is 27.1 Å². The van der Waals surface area contributed by atoms with Crippen LogP contribution in [0.5, 0.6) is 0 Å². The van der Waals surface area contributed by atoms with Crippen LogP contribution in [0.2, 0.25) is 10.0 Å². The van der Waals surface area contributed by atoms with Crippen molar-refractivity contribution < 1.29 is 9.21 Å². The molecule has 1 aromatic heterocycles. The third kappa shape index (κ3) is 4.90. The van der Waals surface area contributed by atoms with Gasteiger partial charge in [0, 0.05) is 11.3 Å². The van der Waals surface area contributed by atoms with E-state index in [9.17, 15) is 4.79 Å². The highest BCUT2D eigenvalue weighted by Gasteiger charge is 2.10. The van der Waals surface area contributed by atoms with Gasteiger partial charge in [0.2, 0.25) is 0 Å². The lowest BCUT2D eigenvalue weighted by molar-refractivity contribution is -0.119. The molecule has 138 valence electrons. The van der Waals surface area contributed by atoms with Crippen LogP contribution in [-0.4, -0.2) is 18.7 Å². The summed E-state index contributed by atoms with van der Waals surface area (Å²) in [7, 11) is 0. The maximum absolute atomic E-state index is 11.9. The number of amides is 1. The van der Waals surface area contributed by atoms with Crippen LogP contribution in [0.15, 0.2) is 64.1 Å². The number of hydrazone groups is 1. The largest absolute Gasteiger partial charge is 0.455 e. The predicted octanol–water partition coefficient (Wildman–Crippen LogP) is 5.12. The number of anilines is 1. The Morgan fingerprint density at radius 1 is 1.11 bits per heavy atom. The van der Waals surface area contributed by atoms with Gasteiger partial charge in [-0.3, -0.25) is 4.79 Å². The maximum atomic E-state index is 11.9. The molecule has 7 heteroatoms. The van der Waals surface area contributed by atoms with Gasteiger partial charge in [-0.15, -0.1) is 0 Å². The van der Waals surface area contributed by atoms with E-state index in [1.165, 1.54) is 6.21 Å². The molecule has 0 aliphatic carbocycles. The van der Waals surface area contributed by atoms with Gasteiger partial charge in [0.05, 0.1) is 22.8 Å². The SMILES string of the molecule is Cc1ccccc1NCC(=O)N/N=C\c1ccc(-c2cccc(Cl)c2Cl)o1. The van der Waals surface area contributed by atoms with E-state index < -0.39 is 0 Å². The molecule has 3 rings (SSSR count). The highest BCUT2D eigenvalue weighted by Crippen LogP contribution is 2.34. The summed E-state index contributed by atoms with van der Waals surface area (Å²) in [5.74, 6) is 0.781. The Morgan fingerprint density at radius 3 is 2.74 bits per heavy atom. The first-order chi connectivity index (χ1) is 13.0. The quantitative estimate of drug-likeness (QED) is 0.444. The van der Waals surface area contributed by atoms with Crippen molar-refractivity contribution in [3.05, 3.63) is 76.0 Å². The Kier molecular flexibility index (Phi) is 6.16. The number of rotatable bonds is 6. The highest BCUT2D eigenvalue weighted by molar-refractivity contribution is 6.43. The number of hydrogen-bond donors (Lipinski definition) is 2. The van der Waals surface area contributed by atoms with Gasteiger partial charge in [0.1, 0.15) is 11.5 Å². The average Bonchev–Trinajstić information content (AvgIpc) is 3.12. The van der Waals surface area contributed by atoms with E-state index in [4.69, 9.17) is 27.6 Å². The van der Waals surface area contributed by atoms with Crippen LogP contribution >= 0.6 is 23.2 Å². The summed E-state index contributed by atoms with van der Waals surface area (Å²) in [5.41, 5.74) is 5.12. The summed E-state index contributed by atoms with van der Waals surface area (Å²) in [4.78, 5) is 11.9. The minimum atomic E-state index is -0.265. The molecule has 0 radical (unpaired) electrons. The Labute approximate surface area is 167 Å². The number of halogens is 2. The second-order valence-electron chi connectivity index (χ2n) is 5.77. The van der Waals surface area contributed by atoms with Gasteiger partial charge in [-0.25, -0.2) is 5.43 Å². The van der Waals surface area contributed by atoms with Crippen LogP contribution < -0.4 is 10.7 Å². The van der Waals surface area contributed by atoms with Crippen LogP contribution in [0.25, 0.3) is 11.3 Å². The zero-order valence-electron chi connectivity index (χ0n) is 14.5. The summed E-state index contributed by atoms with van der Waals surface area (Å²) in [6.45, 7) is 2.09. The summed E-state index contributed by atoms with van der Waals surface area (Å²) in [5, 5.41) is 7.84. The number of furan rings is 1. The van der Waals surface area contributed by atoms with Crippen LogP contribution in [-0.2, 0) is 4.79 Å². The first-order valence-corrected chi connectivity index (χ1v) is 8.96. The lowest BCUT2D eigenvalue weighted by Crippen LogP contribution is -2.26. The van der Waals surface area contributed by atoms with Gasteiger partial charge in [-0.05, 0) is 42.8 Å². The van der Waals surface area contributed by atoms with Gasteiger partial charge >= 0.3 is 0 Å². The van der Waals surface area contributed by atoms with E-state index in [-0.39, 0.29) is 12.5 Å². The number of nitrogens with one attached hydrogen (secondary N) is 2. The average molecular weight is 402 g/mol. The molecule has 0 unspecified atom stereocenters. The molecule has 3 aromatic rings. The second-order valence-corrected chi connectivity index (χ2v) is 6.55. The number of nitrogens with zero attached hydrogens (tertiary/aromatic N) is 1. The van der Waals surface area contributed by atoms with Crippen molar-refractivity contribution in [1.29, 1.82) is 0 Å². The molecule has 0 saturated carbocycles. The molecule has 0 aliphatic rings. The Morgan fingerprint density at radius 2 is 1.93 bits per heavy atom. The van der Waals surface area contributed by atoms with E-state index in [1.54, 1.807) is 24.3 Å². The van der Waals surface area contributed by atoms with Gasteiger partial charge in [-0.1, -0.05) is 47.5 Å². The highest BCUT2D eigenvalue weighted by atomic mass is 35.5. The van der Waals surface area contributed by atoms with Crippen LogP contribution in [0.4, 0.5) is 5.69 Å². The number of carbonyl (C=O) groups excluding carboxylic acids is 1. The molecule has 27 heavy (non-hydrogen) atoms. The zero-order chi connectivity index (χ0) is 19.2. The second kappa shape index (κ2) is 8.75. The fourth-order valence-electron chi connectivity index (χ4n) is 2.42. The zero-order valence-corrected chi connectivity index (χ0v) is 16.0. The number of carbonyl (C=O) groups is 1. The minimum Gasteiger partial charge on any atom is -0.455 e. The van der Waals surface area contributed by atoms with E-state index >= 15 is 0 Å². The number of hydrogen-bond acceptors (Lipinski definition) is 4. The van der Waals surface area contributed by atoms with Gasteiger partial charge < -0.3 is 9.73 Å². The van der Waals surface area contributed by atoms with Crippen LogP contribution in [0.3, 0.4) is 0 Å². The van der Waals surface area contributed by atoms with Gasteiger partial charge in [-0.2, -0.15) is 5.10 Å². The molecule has 2 N–H and O–H groups in total. The molecular weight excluding hydrogens is 385 g/mol. The van der Waals surface area contributed by atoms with Gasteiger partial charge in [0.25, 0.3) is 5.91 Å². The first-order valence-electron chi connectivity index (χ1n) is 8.20.